The van der Waals surface area contributed by atoms with Gasteiger partial charge in [0.05, 0.1) is 12.1 Å². The van der Waals surface area contributed by atoms with E-state index in [-0.39, 0.29) is 30.3 Å². The fraction of sp³-hybridized carbons (Fsp3) is 0.462. The molecule has 0 saturated carbocycles. The number of carbonyl (C=O) groups is 1. The maximum Gasteiger partial charge on any atom is 0.237 e. The first kappa shape index (κ1) is 17.4. The van der Waals surface area contributed by atoms with Crippen molar-refractivity contribution in [2.75, 3.05) is 0 Å². The molecule has 1 amide bonds. The molecule has 0 fully saturated rings. The first-order chi connectivity index (χ1) is 7.91. The Balaban J connectivity index is 0.00000289. The highest BCUT2D eigenvalue weighted by Crippen LogP contribution is 2.16. The maximum atomic E-state index is 11.8. The van der Waals surface area contributed by atoms with Gasteiger partial charge in [-0.2, -0.15) is 0 Å². The lowest BCUT2D eigenvalue weighted by Crippen LogP contribution is -2.44. The van der Waals surface area contributed by atoms with Gasteiger partial charge in [-0.15, -0.1) is 12.4 Å². The summed E-state index contributed by atoms with van der Waals surface area (Å²) in [6.07, 6.45) is 0. The third-order valence-electron chi connectivity index (χ3n) is 2.75. The van der Waals surface area contributed by atoms with E-state index in [2.05, 4.69) is 21.2 Å². The second-order valence-electron chi connectivity index (χ2n) is 4.55. The summed E-state index contributed by atoms with van der Waals surface area (Å²) in [6, 6.07) is 7.40. The monoisotopic (exact) mass is 334 g/mol. The topological polar surface area (TPSA) is 55.1 Å². The molecule has 3 N–H and O–H groups in total. The van der Waals surface area contributed by atoms with Crippen LogP contribution in [0.1, 0.15) is 32.4 Å². The average molecular weight is 336 g/mol. The fourth-order valence-corrected chi connectivity index (χ4v) is 1.71. The molecule has 1 aromatic carbocycles. The van der Waals surface area contributed by atoms with Crippen LogP contribution in [0, 0.1) is 5.92 Å². The Bertz CT molecular complexity index is 381. The van der Waals surface area contributed by atoms with Gasteiger partial charge < -0.3 is 11.1 Å². The van der Waals surface area contributed by atoms with E-state index in [1.54, 1.807) is 0 Å². The minimum atomic E-state index is -0.451. The van der Waals surface area contributed by atoms with Crippen LogP contribution in [0.15, 0.2) is 28.7 Å². The molecule has 2 unspecified atom stereocenters. The van der Waals surface area contributed by atoms with Crippen molar-refractivity contribution in [3.63, 3.8) is 0 Å². The average Bonchev–Trinajstić information content (AvgIpc) is 2.28. The molecule has 0 aliphatic heterocycles. The zero-order valence-corrected chi connectivity index (χ0v) is 13.2. The number of nitrogens with two attached hydrogens (primary N) is 1. The number of hydrogen-bond donors (Lipinski definition) is 2. The zero-order valence-electron chi connectivity index (χ0n) is 10.8. The van der Waals surface area contributed by atoms with Crippen molar-refractivity contribution in [2.45, 2.75) is 32.9 Å². The Morgan fingerprint density at radius 3 is 2.17 bits per heavy atom. The van der Waals surface area contributed by atoms with Gasteiger partial charge in [0, 0.05) is 4.47 Å². The molecular weight excluding hydrogens is 316 g/mol. The molecule has 18 heavy (non-hydrogen) atoms. The lowest BCUT2D eigenvalue weighted by atomic mass is 10.0. The summed E-state index contributed by atoms with van der Waals surface area (Å²) >= 11 is 3.38. The minimum absolute atomic E-state index is 0. The normalized spacial score (nSPS) is 13.7. The Labute approximate surface area is 123 Å². The third-order valence-corrected chi connectivity index (χ3v) is 3.28. The molecule has 1 rings (SSSR count). The third kappa shape index (κ3) is 4.96. The number of rotatable bonds is 4. The van der Waals surface area contributed by atoms with Gasteiger partial charge >= 0.3 is 0 Å². The van der Waals surface area contributed by atoms with E-state index < -0.39 is 6.04 Å². The summed E-state index contributed by atoms with van der Waals surface area (Å²) in [5.74, 6) is 0.0440. The van der Waals surface area contributed by atoms with Crippen molar-refractivity contribution in [3.8, 4) is 0 Å². The van der Waals surface area contributed by atoms with Crippen molar-refractivity contribution in [1.82, 2.24) is 5.32 Å². The molecule has 0 saturated heterocycles. The van der Waals surface area contributed by atoms with Crippen LogP contribution in [0.4, 0.5) is 0 Å². The van der Waals surface area contributed by atoms with Gasteiger partial charge in [-0.25, -0.2) is 0 Å². The summed E-state index contributed by atoms with van der Waals surface area (Å²) in [4.78, 5) is 11.8. The first-order valence-corrected chi connectivity index (χ1v) is 6.52. The van der Waals surface area contributed by atoms with Gasteiger partial charge in [-0.3, -0.25) is 4.79 Å². The predicted molar refractivity (Wildman–Crippen MR) is 80.8 cm³/mol. The van der Waals surface area contributed by atoms with E-state index >= 15 is 0 Å². The summed E-state index contributed by atoms with van der Waals surface area (Å²) in [6.45, 7) is 5.83. The largest absolute Gasteiger partial charge is 0.348 e. The van der Waals surface area contributed by atoms with Gasteiger partial charge in [-0.1, -0.05) is 41.9 Å². The summed E-state index contributed by atoms with van der Waals surface area (Å²) in [5, 5.41) is 2.92. The Morgan fingerprint density at radius 1 is 1.22 bits per heavy atom. The smallest absolute Gasteiger partial charge is 0.237 e. The molecule has 0 bridgehead atoms. The lowest BCUT2D eigenvalue weighted by molar-refractivity contribution is -0.123. The highest BCUT2D eigenvalue weighted by molar-refractivity contribution is 9.10. The predicted octanol–water partition coefficient (Wildman–Crippen LogP) is 3.03. The molecular formula is C13H20BrClN2O. The molecule has 0 aromatic heterocycles. The van der Waals surface area contributed by atoms with E-state index in [1.165, 1.54) is 0 Å². The Kier molecular flexibility index (Phi) is 7.52. The number of carbonyl (C=O) groups excluding carboxylic acids is 1. The maximum absolute atomic E-state index is 11.8. The van der Waals surface area contributed by atoms with Crippen LogP contribution in [0.5, 0.6) is 0 Å². The molecule has 102 valence electrons. The Morgan fingerprint density at radius 2 is 1.72 bits per heavy atom. The quantitative estimate of drug-likeness (QED) is 0.888. The van der Waals surface area contributed by atoms with Crippen LogP contribution in [0.3, 0.4) is 0 Å². The molecule has 0 aliphatic carbocycles. The van der Waals surface area contributed by atoms with Crippen molar-refractivity contribution in [1.29, 1.82) is 0 Å². The highest BCUT2D eigenvalue weighted by atomic mass is 79.9. The molecule has 2 atom stereocenters. The zero-order chi connectivity index (χ0) is 13.0. The second kappa shape index (κ2) is 7.77. The van der Waals surface area contributed by atoms with E-state index in [0.717, 1.165) is 10.0 Å². The Hall–Kier alpha value is -0.580. The van der Waals surface area contributed by atoms with Crippen LogP contribution in [-0.4, -0.2) is 11.9 Å². The molecule has 0 radical (unpaired) electrons. The van der Waals surface area contributed by atoms with Crippen molar-refractivity contribution < 1.29 is 4.79 Å². The van der Waals surface area contributed by atoms with Crippen LogP contribution in [-0.2, 0) is 4.79 Å². The number of hydrogen-bond acceptors (Lipinski definition) is 2. The highest BCUT2D eigenvalue weighted by Gasteiger charge is 2.19. The van der Waals surface area contributed by atoms with Crippen molar-refractivity contribution >= 4 is 34.2 Å². The van der Waals surface area contributed by atoms with Gasteiger partial charge in [0.1, 0.15) is 0 Å². The van der Waals surface area contributed by atoms with Crippen LogP contribution in [0.25, 0.3) is 0 Å². The first-order valence-electron chi connectivity index (χ1n) is 5.73. The minimum Gasteiger partial charge on any atom is -0.348 e. The van der Waals surface area contributed by atoms with E-state index in [9.17, 15) is 4.79 Å². The summed E-state index contributed by atoms with van der Waals surface area (Å²) < 4.78 is 1.03. The number of halogens is 2. The number of benzene rings is 1. The molecule has 1 aromatic rings. The van der Waals surface area contributed by atoms with Gasteiger partial charge in [0.25, 0.3) is 0 Å². The van der Waals surface area contributed by atoms with E-state index in [4.69, 9.17) is 5.73 Å². The van der Waals surface area contributed by atoms with Crippen molar-refractivity contribution in [3.05, 3.63) is 34.3 Å². The summed E-state index contributed by atoms with van der Waals surface area (Å²) in [7, 11) is 0. The molecule has 0 heterocycles. The summed E-state index contributed by atoms with van der Waals surface area (Å²) in [5.41, 5.74) is 6.86. The van der Waals surface area contributed by atoms with Crippen LogP contribution in [0.2, 0.25) is 0 Å². The van der Waals surface area contributed by atoms with E-state index in [0.29, 0.717) is 0 Å². The fourth-order valence-electron chi connectivity index (χ4n) is 1.45. The van der Waals surface area contributed by atoms with Gasteiger partial charge in [0.15, 0.2) is 0 Å². The second-order valence-corrected chi connectivity index (χ2v) is 5.47. The van der Waals surface area contributed by atoms with Crippen molar-refractivity contribution in [2.24, 2.45) is 11.7 Å². The van der Waals surface area contributed by atoms with Crippen LogP contribution >= 0.6 is 28.3 Å². The molecule has 5 heteroatoms. The standard InChI is InChI=1S/C13H19BrN2O.ClH/c1-8(2)12(15)13(17)16-9(3)10-4-6-11(14)7-5-10;/h4-9,12H,15H2,1-3H3,(H,16,17);1H. The van der Waals surface area contributed by atoms with Gasteiger partial charge in [-0.05, 0) is 30.5 Å². The molecule has 3 nitrogen and oxygen atoms in total. The number of nitrogens with one attached hydrogen (secondary N) is 1. The van der Waals surface area contributed by atoms with Gasteiger partial charge in [0.2, 0.25) is 5.91 Å². The number of amides is 1. The van der Waals surface area contributed by atoms with Crippen LogP contribution < -0.4 is 11.1 Å². The lowest BCUT2D eigenvalue weighted by Gasteiger charge is -2.20. The SMILES string of the molecule is CC(NC(=O)C(N)C(C)C)c1ccc(Br)cc1.Cl. The molecule has 0 spiro atoms. The van der Waals surface area contributed by atoms with E-state index in [1.807, 2.05) is 45.0 Å². The molecule has 0 aliphatic rings.